The Hall–Kier alpha value is -3.08. The lowest BCUT2D eigenvalue weighted by atomic mass is 10.1. The molecule has 5 heteroatoms. The van der Waals surface area contributed by atoms with Gasteiger partial charge in [-0.25, -0.2) is 4.79 Å². The standard InChI is InChI=1S/C19H18N2O3/c1-24-18(22)11-15-13-21(12-14-7-3-2-4-8-14)19(23)16-9-5-6-10-17(16)20-15/h2-11,20H,12-13H2,1H3/b15-11-. The van der Waals surface area contributed by atoms with Crippen molar-refractivity contribution in [3.8, 4) is 0 Å². The normalized spacial score (nSPS) is 15.5. The summed E-state index contributed by atoms with van der Waals surface area (Å²) in [5, 5.41) is 3.17. The van der Waals surface area contributed by atoms with Crippen LogP contribution in [0.2, 0.25) is 0 Å². The highest BCUT2D eigenvalue weighted by Crippen LogP contribution is 2.24. The molecule has 1 aliphatic rings. The van der Waals surface area contributed by atoms with Crippen molar-refractivity contribution in [3.05, 3.63) is 77.5 Å². The molecule has 5 nitrogen and oxygen atoms in total. The lowest BCUT2D eigenvalue weighted by Crippen LogP contribution is -2.31. The molecule has 1 aliphatic heterocycles. The van der Waals surface area contributed by atoms with Crippen LogP contribution >= 0.6 is 0 Å². The second kappa shape index (κ2) is 7.00. The maximum Gasteiger partial charge on any atom is 0.332 e. The van der Waals surface area contributed by atoms with Gasteiger partial charge in [-0.15, -0.1) is 0 Å². The maximum atomic E-state index is 12.9. The Morgan fingerprint density at radius 1 is 1.17 bits per heavy atom. The van der Waals surface area contributed by atoms with Crippen LogP contribution < -0.4 is 5.32 Å². The monoisotopic (exact) mass is 322 g/mol. The number of nitrogens with zero attached hydrogens (tertiary/aromatic N) is 1. The van der Waals surface area contributed by atoms with Crippen LogP contribution in [0.4, 0.5) is 5.69 Å². The van der Waals surface area contributed by atoms with E-state index in [0.29, 0.717) is 30.0 Å². The Kier molecular flexibility index (Phi) is 4.61. The fourth-order valence-corrected chi connectivity index (χ4v) is 2.65. The molecule has 0 aliphatic carbocycles. The van der Waals surface area contributed by atoms with Crippen LogP contribution in [0.3, 0.4) is 0 Å². The number of para-hydroxylation sites is 1. The topological polar surface area (TPSA) is 58.6 Å². The fourth-order valence-electron chi connectivity index (χ4n) is 2.65. The van der Waals surface area contributed by atoms with Gasteiger partial charge in [0.2, 0.25) is 0 Å². The maximum absolute atomic E-state index is 12.9. The highest BCUT2D eigenvalue weighted by atomic mass is 16.5. The number of amides is 1. The first kappa shape index (κ1) is 15.8. The summed E-state index contributed by atoms with van der Waals surface area (Å²) >= 11 is 0. The Bertz CT molecular complexity index is 784. The number of methoxy groups -OCH3 is 1. The number of anilines is 1. The average molecular weight is 322 g/mol. The molecule has 0 radical (unpaired) electrons. The minimum absolute atomic E-state index is 0.0739. The van der Waals surface area contributed by atoms with Gasteiger partial charge in [0.15, 0.2) is 0 Å². The summed E-state index contributed by atoms with van der Waals surface area (Å²) in [6.07, 6.45) is 1.38. The molecule has 0 fully saturated rings. The van der Waals surface area contributed by atoms with E-state index in [4.69, 9.17) is 4.74 Å². The Morgan fingerprint density at radius 2 is 1.88 bits per heavy atom. The predicted molar refractivity (Wildman–Crippen MR) is 91.3 cm³/mol. The number of nitrogens with one attached hydrogen (secondary N) is 1. The molecule has 3 rings (SSSR count). The summed E-state index contributed by atoms with van der Waals surface area (Å²) in [5.41, 5.74) is 2.92. The van der Waals surface area contributed by atoms with E-state index in [9.17, 15) is 9.59 Å². The van der Waals surface area contributed by atoms with E-state index in [2.05, 4.69) is 5.32 Å². The van der Waals surface area contributed by atoms with E-state index in [1.165, 1.54) is 13.2 Å². The fraction of sp³-hybridized carbons (Fsp3) is 0.158. The zero-order chi connectivity index (χ0) is 16.9. The van der Waals surface area contributed by atoms with Gasteiger partial charge < -0.3 is 15.0 Å². The molecule has 0 spiro atoms. The zero-order valence-electron chi connectivity index (χ0n) is 13.4. The molecule has 1 amide bonds. The van der Waals surface area contributed by atoms with E-state index >= 15 is 0 Å². The molecule has 2 aromatic rings. The predicted octanol–water partition coefficient (Wildman–Crippen LogP) is 2.81. The van der Waals surface area contributed by atoms with Crippen LogP contribution in [0.25, 0.3) is 0 Å². The van der Waals surface area contributed by atoms with E-state index in [1.54, 1.807) is 11.0 Å². The molecule has 122 valence electrons. The van der Waals surface area contributed by atoms with Crippen molar-refractivity contribution in [3.63, 3.8) is 0 Å². The van der Waals surface area contributed by atoms with Gasteiger partial charge in [-0.3, -0.25) is 4.79 Å². The number of carbonyl (C=O) groups is 2. The molecule has 0 atom stereocenters. The van der Waals surface area contributed by atoms with E-state index in [1.807, 2.05) is 48.5 Å². The van der Waals surface area contributed by atoms with Gasteiger partial charge in [0.1, 0.15) is 0 Å². The first-order valence-corrected chi connectivity index (χ1v) is 7.65. The van der Waals surface area contributed by atoms with Gasteiger partial charge in [0, 0.05) is 18.3 Å². The number of hydrogen-bond donors (Lipinski definition) is 1. The molecule has 0 bridgehead atoms. The number of ether oxygens (including phenoxy) is 1. The van der Waals surface area contributed by atoms with E-state index < -0.39 is 5.97 Å². The van der Waals surface area contributed by atoms with Crippen molar-refractivity contribution in [1.29, 1.82) is 0 Å². The van der Waals surface area contributed by atoms with Gasteiger partial charge in [-0.1, -0.05) is 42.5 Å². The molecule has 24 heavy (non-hydrogen) atoms. The number of hydrogen-bond acceptors (Lipinski definition) is 4. The Balaban J connectivity index is 1.96. The first-order chi connectivity index (χ1) is 11.7. The molecule has 0 saturated carbocycles. The summed E-state index contributed by atoms with van der Waals surface area (Å²) in [6.45, 7) is 0.770. The van der Waals surface area contributed by atoms with Gasteiger partial charge in [0.25, 0.3) is 5.91 Å². The quantitative estimate of drug-likeness (QED) is 0.697. The molecule has 2 aromatic carbocycles. The largest absolute Gasteiger partial charge is 0.466 e. The molecule has 0 saturated heterocycles. The van der Waals surface area contributed by atoms with Crippen LogP contribution in [0.5, 0.6) is 0 Å². The third kappa shape index (κ3) is 3.46. The van der Waals surface area contributed by atoms with Gasteiger partial charge in [-0.2, -0.15) is 0 Å². The molecule has 0 unspecified atom stereocenters. The second-order valence-electron chi connectivity index (χ2n) is 5.51. The Labute approximate surface area is 140 Å². The number of carbonyl (C=O) groups excluding carboxylic acids is 2. The summed E-state index contributed by atoms with van der Waals surface area (Å²) < 4.78 is 4.70. The third-order valence-electron chi connectivity index (χ3n) is 3.81. The van der Waals surface area contributed by atoms with Crippen LogP contribution in [0.15, 0.2) is 66.4 Å². The number of benzene rings is 2. The third-order valence-corrected chi connectivity index (χ3v) is 3.81. The van der Waals surface area contributed by atoms with Crippen molar-refractivity contribution in [1.82, 2.24) is 4.90 Å². The first-order valence-electron chi connectivity index (χ1n) is 7.65. The van der Waals surface area contributed by atoms with Crippen molar-refractivity contribution >= 4 is 17.6 Å². The van der Waals surface area contributed by atoms with Crippen molar-refractivity contribution < 1.29 is 14.3 Å². The highest BCUT2D eigenvalue weighted by molar-refractivity contribution is 6.01. The SMILES string of the molecule is COC(=O)/C=C1/CN(Cc2ccccc2)C(=O)c2ccccc2N1. The van der Waals surface area contributed by atoms with Crippen LogP contribution in [-0.2, 0) is 16.1 Å². The van der Waals surface area contributed by atoms with Crippen molar-refractivity contribution in [2.75, 3.05) is 19.0 Å². The lowest BCUT2D eigenvalue weighted by Gasteiger charge is -2.21. The molecular weight excluding hydrogens is 304 g/mol. The zero-order valence-corrected chi connectivity index (χ0v) is 13.4. The minimum Gasteiger partial charge on any atom is -0.466 e. The van der Waals surface area contributed by atoms with Crippen LogP contribution in [0.1, 0.15) is 15.9 Å². The molecule has 0 aromatic heterocycles. The van der Waals surface area contributed by atoms with E-state index in [-0.39, 0.29) is 5.91 Å². The number of esters is 1. The average Bonchev–Trinajstić information content (AvgIpc) is 2.73. The van der Waals surface area contributed by atoms with E-state index in [0.717, 1.165) is 5.56 Å². The summed E-state index contributed by atoms with van der Waals surface area (Å²) in [4.78, 5) is 26.2. The van der Waals surface area contributed by atoms with Gasteiger partial charge in [-0.05, 0) is 17.7 Å². The number of rotatable bonds is 3. The van der Waals surface area contributed by atoms with Crippen molar-refractivity contribution in [2.24, 2.45) is 0 Å². The smallest absolute Gasteiger partial charge is 0.332 e. The highest BCUT2D eigenvalue weighted by Gasteiger charge is 2.24. The van der Waals surface area contributed by atoms with Crippen LogP contribution in [0, 0.1) is 0 Å². The molecular formula is C19H18N2O3. The second-order valence-corrected chi connectivity index (χ2v) is 5.51. The Morgan fingerprint density at radius 3 is 2.62 bits per heavy atom. The van der Waals surface area contributed by atoms with Crippen molar-refractivity contribution in [2.45, 2.75) is 6.54 Å². The van der Waals surface area contributed by atoms with Gasteiger partial charge in [0.05, 0.1) is 24.9 Å². The van der Waals surface area contributed by atoms with Gasteiger partial charge >= 0.3 is 5.97 Å². The molecule has 1 N–H and O–H groups in total. The minimum atomic E-state index is -0.455. The summed E-state index contributed by atoms with van der Waals surface area (Å²) in [6, 6.07) is 17.0. The number of fused-ring (bicyclic) bond motifs is 1. The molecule has 1 heterocycles. The summed E-state index contributed by atoms with van der Waals surface area (Å²) in [7, 11) is 1.33. The van der Waals surface area contributed by atoms with Crippen LogP contribution in [-0.4, -0.2) is 30.4 Å². The summed E-state index contributed by atoms with van der Waals surface area (Å²) in [5.74, 6) is -0.529. The lowest BCUT2D eigenvalue weighted by molar-refractivity contribution is -0.134.